The maximum atomic E-state index is 4.41. The lowest BCUT2D eigenvalue weighted by Gasteiger charge is -2.23. The Hall–Kier alpha value is 1.05. The van der Waals surface area contributed by atoms with Gasteiger partial charge in [0.2, 0.25) is 0 Å². The molecule has 0 aliphatic carbocycles. The van der Waals surface area contributed by atoms with E-state index in [1.165, 1.54) is 17.3 Å². The first-order chi connectivity index (χ1) is 4.30. The summed E-state index contributed by atoms with van der Waals surface area (Å²) < 4.78 is 0. The van der Waals surface area contributed by atoms with Crippen molar-refractivity contribution in [1.29, 1.82) is 0 Å². The molecule has 1 heterocycles. The molecule has 1 rings (SSSR count). The van der Waals surface area contributed by atoms with Crippen LogP contribution in [-0.4, -0.2) is 27.8 Å². The second-order valence-electron chi connectivity index (χ2n) is 2.22. The molecule has 0 saturated carbocycles. The molecule has 0 aromatic rings. The smallest absolute Gasteiger partial charge is 0.0252 e. The lowest BCUT2D eigenvalue weighted by atomic mass is 10.4. The van der Waals surface area contributed by atoms with Gasteiger partial charge in [-0.2, -0.15) is 36.2 Å². The van der Waals surface area contributed by atoms with Crippen molar-refractivity contribution in [1.82, 2.24) is 0 Å². The van der Waals surface area contributed by atoms with E-state index < -0.39 is 0 Å². The molecule has 1 aliphatic heterocycles. The van der Waals surface area contributed by atoms with Crippen LogP contribution in [0.15, 0.2) is 0 Å². The summed E-state index contributed by atoms with van der Waals surface area (Å²) >= 11 is 8.54. The van der Waals surface area contributed by atoms with Crippen molar-refractivity contribution >= 4 is 36.2 Å². The lowest BCUT2D eigenvalue weighted by molar-refractivity contribution is 0.939. The molecule has 0 nitrogen and oxygen atoms in total. The van der Waals surface area contributed by atoms with Crippen LogP contribution in [0.4, 0.5) is 0 Å². The molecule has 54 valence electrons. The van der Waals surface area contributed by atoms with Crippen molar-refractivity contribution < 1.29 is 0 Å². The Balaban J connectivity index is 2.23. The van der Waals surface area contributed by atoms with Crippen molar-refractivity contribution in [2.45, 2.75) is 17.4 Å². The molecule has 0 radical (unpaired) electrons. The van der Waals surface area contributed by atoms with Crippen LogP contribution in [0.2, 0.25) is 0 Å². The quantitative estimate of drug-likeness (QED) is 0.614. The average molecular weight is 180 g/mol. The number of rotatable bonds is 1. The number of thioether (sulfide) groups is 2. The van der Waals surface area contributed by atoms with Gasteiger partial charge in [-0.25, -0.2) is 0 Å². The maximum absolute atomic E-state index is 4.41. The van der Waals surface area contributed by atoms with Crippen molar-refractivity contribution in [2.75, 3.05) is 17.3 Å². The van der Waals surface area contributed by atoms with E-state index in [1.807, 2.05) is 0 Å². The van der Waals surface area contributed by atoms with E-state index in [0.29, 0.717) is 5.25 Å². The van der Waals surface area contributed by atoms with Crippen LogP contribution in [0.1, 0.15) is 6.92 Å². The second-order valence-corrected chi connectivity index (χ2v) is 5.54. The van der Waals surface area contributed by atoms with E-state index in [4.69, 9.17) is 0 Å². The van der Waals surface area contributed by atoms with E-state index in [1.54, 1.807) is 0 Å². The molecule has 3 heteroatoms. The van der Waals surface area contributed by atoms with Gasteiger partial charge in [-0.15, -0.1) is 0 Å². The van der Waals surface area contributed by atoms with Gasteiger partial charge in [0.25, 0.3) is 0 Å². The molecule has 2 atom stereocenters. The highest BCUT2D eigenvalue weighted by molar-refractivity contribution is 8.07. The maximum Gasteiger partial charge on any atom is 0.0252 e. The minimum absolute atomic E-state index is 0.572. The summed E-state index contributed by atoms with van der Waals surface area (Å²) in [5.41, 5.74) is 0. The van der Waals surface area contributed by atoms with Crippen LogP contribution in [-0.2, 0) is 0 Å². The van der Waals surface area contributed by atoms with Gasteiger partial charge in [-0.3, -0.25) is 0 Å². The van der Waals surface area contributed by atoms with Gasteiger partial charge in [0.15, 0.2) is 0 Å². The number of hydrogen-bond acceptors (Lipinski definition) is 3. The molecule has 2 unspecified atom stereocenters. The normalized spacial score (nSPS) is 32.0. The summed E-state index contributed by atoms with van der Waals surface area (Å²) in [6.07, 6.45) is 0. The monoisotopic (exact) mass is 180 g/mol. The second kappa shape index (κ2) is 4.04. The predicted molar refractivity (Wildman–Crippen MR) is 52.0 cm³/mol. The minimum atomic E-state index is 0.572. The first kappa shape index (κ1) is 8.15. The summed E-state index contributed by atoms with van der Waals surface area (Å²) in [7, 11) is 0. The molecule has 0 bridgehead atoms. The zero-order chi connectivity index (χ0) is 6.69. The molecular weight excluding hydrogens is 168 g/mol. The summed E-state index contributed by atoms with van der Waals surface area (Å²) in [5, 5.41) is 1.37. The highest BCUT2D eigenvalue weighted by Gasteiger charge is 2.17. The van der Waals surface area contributed by atoms with Crippen LogP contribution < -0.4 is 0 Å². The van der Waals surface area contributed by atoms with Gasteiger partial charge in [0.05, 0.1) is 0 Å². The van der Waals surface area contributed by atoms with Gasteiger partial charge in [-0.05, 0) is 0 Å². The minimum Gasteiger partial charge on any atom is -0.175 e. The summed E-state index contributed by atoms with van der Waals surface area (Å²) in [6, 6.07) is 0. The summed E-state index contributed by atoms with van der Waals surface area (Å²) in [6.45, 7) is 2.19. The van der Waals surface area contributed by atoms with Gasteiger partial charge in [0, 0.05) is 27.8 Å². The van der Waals surface area contributed by atoms with Gasteiger partial charge in [0.1, 0.15) is 0 Å². The zero-order valence-corrected chi connectivity index (χ0v) is 8.07. The zero-order valence-electron chi connectivity index (χ0n) is 5.54. The van der Waals surface area contributed by atoms with Crippen molar-refractivity contribution in [2.24, 2.45) is 0 Å². The Morgan fingerprint density at radius 3 is 2.67 bits per heavy atom. The highest BCUT2D eigenvalue weighted by Crippen LogP contribution is 2.28. The summed E-state index contributed by atoms with van der Waals surface area (Å²) in [5.74, 6) is 3.96. The average Bonchev–Trinajstić information content (AvgIpc) is 1.90. The molecule has 1 saturated heterocycles. The molecule has 0 aromatic carbocycles. The van der Waals surface area contributed by atoms with Crippen molar-refractivity contribution in [3.05, 3.63) is 0 Å². The van der Waals surface area contributed by atoms with E-state index in [-0.39, 0.29) is 0 Å². The lowest BCUT2D eigenvalue weighted by Crippen LogP contribution is -2.21. The Labute approximate surface area is 71.0 Å². The first-order valence-electron chi connectivity index (χ1n) is 3.18. The van der Waals surface area contributed by atoms with Crippen molar-refractivity contribution in [3.8, 4) is 0 Å². The number of hydrogen-bond donors (Lipinski definition) is 1. The van der Waals surface area contributed by atoms with Crippen LogP contribution in [0.5, 0.6) is 0 Å². The third-order valence-corrected chi connectivity index (χ3v) is 4.94. The van der Waals surface area contributed by atoms with Crippen LogP contribution in [0.25, 0.3) is 0 Å². The van der Waals surface area contributed by atoms with E-state index in [0.717, 1.165) is 5.25 Å². The molecule has 0 amide bonds. The fraction of sp³-hybridized carbons (Fsp3) is 1.00. The third-order valence-electron chi connectivity index (χ3n) is 1.38. The van der Waals surface area contributed by atoms with Gasteiger partial charge < -0.3 is 0 Å². The molecule has 0 aromatic heterocycles. The molecular formula is C6H12S3. The van der Waals surface area contributed by atoms with Gasteiger partial charge >= 0.3 is 0 Å². The van der Waals surface area contributed by atoms with Crippen LogP contribution in [0, 0.1) is 0 Å². The van der Waals surface area contributed by atoms with E-state index >= 15 is 0 Å². The largest absolute Gasteiger partial charge is 0.175 e. The fourth-order valence-electron chi connectivity index (χ4n) is 0.785. The van der Waals surface area contributed by atoms with E-state index in [9.17, 15) is 0 Å². The highest BCUT2D eigenvalue weighted by atomic mass is 32.2. The standard InChI is InChI=1S/C6H12S3/c1-5(7)6-4-8-2-3-9-6/h5-7H,2-4H2,1H3. The van der Waals surface area contributed by atoms with Crippen LogP contribution in [0.3, 0.4) is 0 Å². The van der Waals surface area contributed by atoms with Gasteiger partial charge in [-0.1, -0.05) is 6.92 Å². The fourth-order valence-corrected chi connectivity index (χ4v) is 4.09. The molecule has 9 heavy (non-hydrogen) atoms. The molecule has 0 N–H and O–H groups in total. The first-order valence-corrected chi connectivity index (χ1v) is 5.90. The Morgan fingerprint density at radius 2 is 2.33 bits per heavy atom. The Bertz CT molecular complexity index is 76.4. The topological polar surface area (TPSA) is 0 Å². The SMILES string of the molecule is CC(S)C1CSCCS1. The van der Waals surface area contributed by atoms with Crippen LogP contribution >= 0.6 is 36.2 Å². The molecule has 1 aliphatic rings. The summed E-state index contributed by atoms with van der Waals surface area (Å²) in [4.78, 5) is 0. The van der Waals surface area contributed by atoms with Crippen molar-refractivity contribution in [3.63, 3.8) is 0 Å². The van der Waals surface area contributed by atoms with E-state index in [2.05, 4.69) is 43.1 Å². The molecule has 1 fully saturated rings. The molecule has 0 spiro atoms. The Morgan fingerprint density at radius 1 is 1.56 bits per heavy atom. The Kier molecular flexibility index (Phi) is 3.66. The number of thiol groups is 1. The predicted octanol–water partition coefficient (Wildman–Crippen LogP) is 2.15. The third kappa shape index (κ3) is 2.64.